The third-order valence-electron chi connectivity index (χ3n) is 7.63. The van der Waals surface area contributed by atoms with E-state index in [4.69, 9.17) is 9.47 Å². The lowest BCUT2D eigenvalue weighted by atomic mass is 9.87. The number of hydrogen-bond donors (Lipinski definition) is 1. The highest BCUT2D eigenvalue weighted by Gasteiger charge is 2.32. The Morgan fingerprint density at radius 3 is 2.65 bits per heavy atom. The highest BCUT2D eigenvalue weighted by molar-refractivity contribution is 7.90. The van der Waals surface area contributed by atoms with E-state index in [-0.39, 0.29) is 29.2 Å². The average molecular weight is 598 g/mol. The molecule has 1 atom stereocenters. The van der Waals surface area contributed by atoms with Gasteiger partial charge in [0.1, 0.15) is 17.2 Å². The monoisotopic (exact) mass is 597 g/mol. The van der Waals surface area contributed by atoms with Crippen LogP contribution in [0.5, 0.6) is 17.2 Å². The molecule has 43 heavy (non-hydrogen) atoms. The predicted molar refractivity (Wildman–Crippen MR) is 160 cm³/mol. The van der Waals surface area contributed by atoms with Crippen LogP contribution in [0.1, 0.15) is 45.1 Å². The predicted octanol–water partition coefficient (Wildman–Crippen LogP) is 4.51. The molecule has 3 aliphatic rings. The number of carbonyl (C=O) groups excluding carboxylic acids is 2. The lowest BCUT2D eigenvalue weighted by Gasteiger charge is -2.38. The third kappa shape index (κ3) is 6.39. The molecule has 220 valence electrons. The summed E-state index contributed by atoms with van der Waals surface area (Å²) in [5, 5.41) is 2.89. The van der Waals surface area contributed by atoms with Crippen LogP contribution in [0.15, 0.2) is 90.1 Å². The number of amides is 2. The summed E-state index contributed by atoms with van der Waals surface area (Å²) in [6, 6.07) is 21.4. The Bertz CT molecular complexity index is 1790. The normalized spacial score (nSPS) is 16.7. The number of hydrogen-bond acceptors (Lipinski definition) is 7. The summed E-state index contributed by atoms with van der Waals surface area (Å²) in [6.07, 6.45) is 5.61. The Morgan fingerprint density at radius 1 is 1.00 bits per heavy atom. The number of pyridine rings is 1. The first-order valence-corrected chi connectivity index (χ1v) is 16.0. The SMILES string of the molecule is CS(=O)(=O)c1ccc(CC(=O)N2CCc3cc4ccc3C2c2cccc(c2)OCCCNC(=O)c2cncc(c2)O4)cc1. The second-order valence-corrected chi connectivity index (χ2v) is 12.8. The van der Waals surface area contributed by atoms with Crippen LogP contribution in [0.4, 0.5) is 0 Å². The number of ether oxygens (including phenoxy) is 2. The van der Waals surface area contributed by atoms with Crippen LogP contribution < -0.4 is 14.8 Å². The van der Waals surface area contributed by atoms with Gasteiger partial charge in [-0.2, -0.15) is 0 Å². The van der Waals surface area contributed by atoms with Crippen molar-refractivity contribution in [1.29, 1.82) is 0 Å². The molecule has 3 aliphatic heterocycles. The van der Waals surface area contributed by atoms with E-state index >= 15 is 0 Å². The number of nitrogens with one attached hydrogen (secondary N) is 1. The molecule has 1 N–H and O–H groups in total. The van der Waals surface area contributed by atoms with Crippen molar-refractivity contribution in [2.45, 2.75) is 30.2 Å². The zero-order valence-corrected chi connectivity index (χ0v) is 24.5. The molecule has 0 aliphatic carbocycles. The lowest BCUT2D eigenvalue weighted by molar-refractivity contribution is -0.132. The van der Waals surface area contributed by atoms with Crippen molar-refractivity contribution >= 4 is 21.7 Å². The van der Waals surface area contributed by atoms with Crippen molar-refractivity contribution < 1.29 is 27.5 Å². The zero-order valence-electron chi connectivity index (χ0n) is 23.7. The Kier molecular flexibility index (Phi) is 7.86. The maximum Gasteiger partial charge on any atom is 0.252 e. The molecule has 9 nitrogen and oxygen atoms in total. The van der Waals surface area contributed by atoms with Gasteiger partial charge in [0.15, 0.2) is 9.84 Å². The Hall–Kier alpha value is -4.70. The van der Waals surface area contributed by atoms with Gasteiger partial charge in [-0.05, 0) is 77.6 Å². The second-order valence-electron chi connectivity index (χ2n) is 10.7. The number of fused-ring (bicyclic) bond motifs is 6. The Morgan fingerprint density at radius 2 is 1.84 bits per heavy atom. The van der Waals surface area contributed by atoms with E-state index in [1.807, 2.05) is 47.4 Å². The fourth-order valence-electron chi connectivity index (χ4n) is 5.50. The summed E-state index contributed by atoms with van der Waals surface area (Å²) in [6.45, 7) is 1.33. The molecule has 3 aromatic carbocycles. The largest absolute Gasteiger partial charge is 0.494 e. The molecule has 10 heteroatoms. The molecular formula is C33H31N3O6S. The number of benzene rings is 3. The molecule has 0 saturated carbocycles. The minimum Gasteiger partial charge on any atom is -0.494 e. The van der Waals surface area contributed by atoms with Crippen molar-refractivity contribution in [3.8, 4) is 17.2 Å². The molecule has 0 saturated heterocycles. The van der Waals surface area contributed by atoms with E-state index in [0.29, 0.717) is 55.4 Å². The number of rotatable bonds is 3. The van der Waals surface area contributed by atoms with Crippen molar-refractivity contribution in [2.75, 3.05) is 26.0 Å². The first-order chi connectivity index (χ1) is 20.7. The van der Waals surface area contributed by atoms with Gasteiger partial charge in [0.25, 0.3) is 5.91 Å². The van der Waals surface area contributed by atoms with Crippen LogP contribution in [-0.4, -0.2) is 56.1 Å². The zero-order chi connectivity index (χ0) is 30.0. The van der Waals surface area contributed by atoms with Crippen LogP contribution in [0.25, 0.3) is 0 Å². The van der Waals surface area contributed by atoms with E-state index < -0.39 is 9.84 Å². The van der Waals surface area contributed by atoms with Crippen LogP contribution >= 0.6 is 0 Å². The fourth-order valence-corrected chi connectivity index (χ4v) is 6.13. The molecule has 4 heterocycles. The number of sulfone groups is 1. The number of carbonyl (C=O) groups is 2. The molecule has 1 aromatic heterocycles. The van der Waals surface area contributed by atoms with Gasteiger partial charge in [0.05, 0.1) is 35.7 Å². The maximum absolute atomic E-state index is 13.8. The van der Waals surface area contributed by atoms with Crippen LogP contribution in [0, 0.1) is 0 Å². The molecule has 0 radical (unpaired) electrons. The van der Waals surface area contributed by atoms with Gasteiger partial charge < -0.3 is 19.7 Å². The summed E-state index contributed by atoms with van der Waals surface area (Å²) < 4.78 is 35.9. The van der Waals surface area contributed by atoms with Crippen LogP contribution in [-0.2, 0) is 27.5 Å². The minimum atomic E-state index is -3.32. The van der Waals surface area contributed by atoms with Gasteiger partial charge in [-0.1, -0.05) is 30.3 Å². The quantitative estimate of drug-likeness (QED) is 0.370. The number of nitrogens with zero attached hydrogens (tertiary/aromatic N) is 2. The molecule has 1 unspecified atom stereocenters. The Balaban J connectivity index is 1.36. The summed E-state index contributed by atoms with van der Waals surface area (Å²) in [5.41, 5.74) is 4.11. The van der Waals surface area contributed by atoms with Crippen molar-refractivity contribution in [2.24, 2.45) is 0 Å². The molecule has 0 fully saturated rings. The average Bonchev–Trinajstić information content (AvgIpc) is 3.00. The highest BCUT2D eigenvalue weighted by atomic mass is 32.2. The van der Waals surface area contributed by atoms with Gasteiger partial charge in [0, 0.05) is 25.5 Å². The van der Waals surface area contributed by atoms with Crippen LogP contribution in [0.3, 0.4) is 0 Å². The van der Waals surface area contributed by atoms with E-state index in [2.05, 4.69) is 10.3 Å². The Labute approximate surface area is 250 Å². The molecule has 8 bridgehead atoms. The van der Waals surface area contributed by atoms with Crippen LogP contribution in [0.2, 0.25) is 0 Å². The molecule has 7 rings (SSSR count). The first-order valence-electron chi connectivity index (χ1n) is 14.1. The summed E-state index contributed by atoms with van der Waals surface area (Å²) >= 11 is 0. The summed E-state index contributed by atoms with van der Waals surface area (Å²) in [5.74, 6) is 1.45. The highest BCUT2D eigenvalue weighted by Crippen LogP contribution is 2.39. The molecular weight excluding hydrogens is 566 g/mol. The van der Waals surface area contributed by atoms with E-state index in [1.165, 1.54) is 6.20 Å². The van der Waals surface area contributed by atoms with E-state index in [0.717, 1.165) is 28.5 Å². The molecule has 0 spiro atoms. The second kappa shape index (κ2) is 11.9. The lowest BCUT2D eigenvalue weighted by Crippen LogP contribution is -2.41. The van der Waals surface area contributed by atoms with Crippen molar-refractivity contribution in [1.82, 2.24) is 15.2 Å². The van der Waals surface area contributed by atoms with Gasteiger partial charge in [-0.15, -0.1) is 0 Å². The summed E-state index contributed by atoms with van der Waals surface area (Å²) in [7, 11) is -3.32. The topological polar surface area (TPSA) is 115 Å². The maximum atomic E-state index is 13.8. The van der Waals surface area contributed by atoms with Crippen molar-refractivity contribution in [3.63, 3.8) is 0 Å². The standard InChI is InChI=1S/C33H31N3O6S/c1-43(39,40)29-9-6-22(7-10-29)16-31(37)36-14-12-23-17-27-8-11-30(23)32(36)24-4-2-5-26(18-24)41-15-3-13-35-33(38)25-19-28(42-27)21-34-20-25/h2,4-11,17-21,32H,3,12-16H2,1H3,(H,35,38). The third-order valence-corrected chi connectivity index (χ3v) is 8.76. The molecule has 4 aromatic rings. The van der Waals surface area contributed by atoms with E-state index in [1.54, 1.807) is 36.5 Å². The van der Waals surface area contributed by atoms with Gasteiger partial charge in [-0.3, -0.25) is 14.6 Å². The van der Waals surface area contributed by atoms with Crippen molar-refractivity contribution in [3.05, 3.63) is 113 Å². The van der Waals surface area contributed by atoms with Gasteiger partial charge in [0.2, 0.25) is 5.91 Å². The van der Waals surface area contributed by atoms with Gasteiger partial charge in [-0.25, -0.2) is 8.42 Å². The first kappa shape index (κ1) is 28.4. The number of aromatic nitrogens is 1. The van der Waals surface area contributed by atoms with E-state index in [9.17, 15) is 18.0 Å². The molecule has 2 amide bonds. The minimum absolute atomic E-state index is 0.0600. The summed E-state index contributed by atoms with van der Waals surface area (Å²) in [4.78, 5) is 32.7. The fraction of sp³-hybridized carbons (Fsp3) is 0.242. The van der Waals surface area contributed by atoms with Gasteiger partial charge >= 0.3 is 0 Å². The smallest absolute Gasteiger partial charge is 0.252 e.